The normalized spacial score (nSPS) is 12.2. The molecule has 162 valence electrons. The number of halogens is 2. The molecule has 7 heteroatoms. The third-order valence-corrected chi connectivity index (χ3v) is 5.20. The Kier molecular flexibility index (Phi) is 8.33. The maximum absolute atomic E-state index is 13.1. The Bertz CT molecular complexity index is 912. The highest BCUT2D eigenvalue weighted by Crippen LogP contribution is 2.28. The molecule has 0 spiro atoms. The zero-order valence-corrected chi connectivity index (χ0v) is 20.3. The van der Waals surface area contributed by atoms with Gasteiger partial charge in [0.05, 0.1) is 4.47 Å². The number of benzene rings is 2. The second kappa shape index (κ2) is 10.3. The van der Waals surface area contributed by atoms with E-state index in [-0.39, 0.29) is 18.4 Å². The molecule has 0 fully saturated rings. The SMILES string of the molecule is Cc1cccc(CN(C(=O)COc2ccc(Cl)cc2Br)[C@@H](C)C(=O)NC(C)(C)C)c1. The smallest absolute Gasteiger partial charge is 0.261 e. The van der Waals surface area contributed by atoms with Crippen LogP contribution in [-0.2, 0) is 16.1 Å². The van der Waals surface area contributed by atoms with Gasteiger partial charge in [0.25, 0.3) is 5.91 Å². The molecule has 0 aliphatic rings. The van der Waals surface area contributed by atoms with Crippen LogP contribution in [0.2, 0.25) is 5.02 Å². The molecule has 1 N–H and O–H groups in total. The van der Waals surface area contributed by atoms with Crippen molar-refractivity contribution in [3.63, 3.8) is 0 Å². The van der Waals surface area contributed by atoms with E-state index in [1.54, 1.807) is 30.0 Å². The van der Waals surface area contributed by atoms with Gasteiger partial charge < -0.3 is 15.0 Å². The molecule has 2 aromatic carbocycles. The molecule has 1 atom stereocenters. The summed E-state index contributed by atoms with van der Waals surface area (Å²) in [7, 11) is 0. The first kappa shape index (κ1) is 24.2. The van der Waals surface area contributed by atoms with Crippen molar-refractivity contribution >= 4 is 39.3 Å². The summed E-state index contributed by atoms with van der Waals surface area (Å²) in [5.74, 6) is 0.0149. The van der Waals surface area contributed by atoms with Crippen LogP contribution in [0.25, 0.3) is 0 Å². The first-order valence-corrected chi connectivity index (χ1v) is 10.9. The zero-order chi connectivity index (χ0) is 22.5. The number of rotatable bonds is 7. The van der Waals surface area contributed by atoms with E-state index in [1.807, 2.05) is 52.0 Å². The summed E-state index contributed by atoms with van der Waals surface area (Å²) in [4.78, 5) is 27.4. The number of carbonyl (C=O) groups excluding carboxylic acids is 2. The molecule has 0 saturated heterocycles. The van der Waals surface area contributed by atoms with Gasteiger partial charge in [0, 0.05) is 17.1 Å². The molecule has 2 amide bonds. The van der Waals surface area contributed by atoms with Crippen molar-refractivity contribution in [2.24, 2.45) is 0 Å². The predicted molar refractivity (Wildman–Crippen MR) is 124 cm³/mol. The van der Waals surface area contributed by atoms with E-state index in [0.717, 1.165) is 11.1 Å². The molecule has 5 nitrogen and oxygen atoms in total. The topological polar surface area (TPSA) is 58.6 Å². The predicted octanol–water partition coefficient (Wildman–Crippen LogP) is 5.12. The molecular weight excluding hydrogens is 468 g/mol. The summed E-state index contributed by atoms with van der Waals surface area (Å²) >= 11 is 9.34. The highest BCUT2D eigenvalue weighted by atomic mass is 79.9. The van der Waals surface area contributed by atoms with Gasteiger partial charge in [-0.2, -0.15) is 0 Å². The molecule has 0 bridgehead atoms. The Morgan fingerprint density at radius 3 is 2.50 bits per heavy atom. The van der Waals surface area contributed by atoms with Gasteiger partial charge >= 0.3 is 0 Å². The fraction of sp³-hybridized carbons (Fsp3) is 0.391. The molecule has 0 unspecified atom stereocenters. The maximum atomic E-state index is 13.1. The minimum Gasteiger partial charge on any atom is -0.483 e. The fourth-order valence-corrected chi connectivity index (χ4v) is 3.68. The fourth-order valence-electron chi connectivity index (χ4n) is 2.88. The second-order valence-corrected chi connectivity index (χ2v) is 9.58. The van der Waals surface area contributed by atoms with Gasteiger partial charge in [0.1, 0.15) is 11.8 Å². The zero-order valence-electron chi connectivity index (χ0n) is 18.0. The van der Waals surface area contributed by atoms with Crippen LogP contribution in [0.5, 0.6) is 5.75 Å². The molecule has 2 rings (SSSR count). The Labute approximate surface area is 191 Å². The molecule has 0 heterocycles. The summed E-state index contributed by atoms with van der Waals surface area (Å²) in [6, 6.07) is 12.3. The van der Waals surface area contributed by atoms with E-state index in [4.69, 9.17) is 16.3 Å². The van der Waals surface area contributed by atoms with E-state index in [0.29, 0.717) is 21.8 Å². The highest BCUT2D eigenvalue weighted by molar-refractivity contribution is 9.10. The van der Waals surface area contributed by atoms with Crippen molar-refractivity contribution < 1.29 is 14.3 Å². The maximum Gasteiger partial charge on any atom is 0.261 e. The first-order valence-electron chi connectivity index (χ1n) is 9.71. The van der Waals surface area contributed by atoms with Gasteiger partial charge in [-0.1, -0.05) is 41.4 Å². The molecule has 0 aliphatic carbocycles. The van der Waals surface area contributed by atoms with Crippen LogP contribution in [0.1, 0.15) is 38.8 Å². The number of hydrogen-bond donors (Lipinski definition) is 1. The number of hydrogen-bond acceptors (Lipinski definition) is 3. The summed E-state index contributed by atoms with van der Waals surface area (Å²) in [6.45, 7) is 9.56. The summed E-state index contributed by atoms with van der Waals surface area (Å²) in [6.07, 6.45) is 0. The lowest BCUT2D eigenvalue weighted by molar-refractivity contribution is -0.142. The Balaban J connectivity index is 2.20. The van der Waals surface area contributed by atoms with E-state index >= 15 is 0 Å². The minimum atomic E-state index is -0.658. The second-order valence-electron chi connectivity index (χ2n) is 8.29. The van der Waals surface area contributed by atoms with E-state index < -0.39 is 11.6 Å². The van der Waals surface area contributed by atoms with Crippen molar-refractivity contribution in [2.75, 3.05) is 6.61 Å². The van der Waals surface area contributed by atoms with Gasteiger partial charge in [-0.3, -0.25) is 9.59 Å². The number of carbonyl (C=O) groups is 2. The van der Waals surface area contributed by atoms with Crippen LogP contribution >= 0.6 is 27.5 Å². The average Bonchev–Trinajstić information content (AvgIpc) is 2.63. The van der Waals surface area contributed by atoms with E-state index in [2.05, 4.69) is 21.2 Å². The number of nitrogens with one attached hydrogen (secondary N) is 1. The number of ether oxygens (including phenoxy) is 1. The largest absolute Gasteiger partial charge is 0.483 e. The quantitative estimate of drug-likeness (QED) is 0.580. The van der Waals surface area contributed by atoms with Crippen molar-refractivity contribution in [2.45, 2.75) is 52.7 Å². The minimum absolute atomic E-state index is 0.195. The Hall–Kier alpha value is -2.05. The lowest BCUT2D eigenvalue weighted by Crippen LogP contribution is -2.53. The first-order chi connectivity index (χ1) is 14.0. The van der Waals surface area contributed by atoms with E-state index in [1.165, 1.54) is 0 Å². The van der Waals surface area contributed by atoms with Crippen molar-refractivity contribution in [3.05, 3.63) is 63.1 Å². The highest BCUT2D eigenvalue weighted by Gasteiger charge is 2.28. The number of amides is 2. The van der Waals surface area contributed by atoms with Gasteiger partial charge in [-0.15, -0.1) is 0 Å². The van der Waals surface area contributed by atoms with Crippen molar-refractivity contribution in [1.82, 2.24) is 10.2 Å². The standard InChI is InChI=1S/C23H28BrClN2O3/c1-15-7-6-8-17(11-15)13-27(16(2)22(29)26-23(3,4)5)21(28)14-30-20-10-9-18(25)12-19(20)24/h6-12,16H,13-14H2,1-5H3,(H,26,29)/t16-/m0/s1. The molecule has 30 heavy (non-hydrogen) atoms. The average molecular weight is 496 g/mol. The Morgan fingerprint density at radius 1 is 1.20 bits per heavy atom. The molecule has 0 aromatic heterocycles. The van der Waals surface area contributed by atoms with Crippen LogP contribution in [0, 0.1) is 6.92 Å². The van der Waals surface area contributed by atoms with Crippen LogP contribution in [0.3, 0.4) is 0 Å². The lowest BCUT2D eigenvalue weighted by atomic mass is 10.1. The van der Waals surface area contributed by atoms with Crippen molar-refractivity contribution in [1.29, 1.82) is 0 Å². The lowest BCUT2D eigenvalue weighted by Gasteiger charge is -2.31. The number of nitrogens with zero attached hydrogens (tertiary/aromatic N) is 1. The summed E-state index contributed by atoms with van der Waals surface area (Å²) in [5, 5.41) is 3.51. The van der Waals surface area contributed by atoms with Gasteiger partial charge in [0.2, 0.25) is 5.91 Å². The van der Waals surface area contributed by atoms with Gasteiger partial charge in [-0.25, -0.2) is 0 Å². The molecule has 2 aromatic rings. The third-order valence-electron chi connectivity index (χ3n) is 4.35. The molecular formula is C23H28BrClN2O3. The van der Waals surface area contributed by atoms with Crippen LogP contribution in [0.4, 0.5) is 0 Å². The van der Waals surface area contributed by atoms with E-state index in [9.17, 15) is 9.59 Å². The molecule has 0 aliphatic heterocycles. The third kappa shape index (κ3) is 7.33. The summed E-state index contributed by atoms with van der Waals surface area (Å²) in [5.41, 5.74) is 1.65. The molecule has 0 radical (unpaired) electrons. The number of aryl methyl sites for hydroxylation is 1. The Morgan fingerprint density at radius 2 is 1.90 bits per heavy atom. The van der Waals surface area contributed by atoms with Crippen LogP contribution in [0.15, 0.2) is 46.9 Å². The molecule has 0 saturated carbocycles. The monoisotopic (exact) mass is 494 g/mol. The van der Waals surface area contributed by atoms with Gasteiger partial charge in [0.15, 0.2) is 6.61 Å². The van der Waals surface area contributed by atoms with Crippen LogP contribution in [-0.4, -0.2) is 34.9 Å². The van der Waals surface area contributed by atoms with Crippen molar-refractivity contribution in [3.8, 4) is 5.75 Å². The van der Waals surface area contributed by atoms with Gasteiger partial charge in [-0.05, 0) is 74.3 Å². The van der Waals surface area contributed by atoms with Crippen LogP contribution < -0.4 is 10.1 Å². The summed E-state index contributed by atoms with van der Waals surface area (Å²) < 4.78 is 6.36.